The molecule has 0 saturated carbocycles. The fourth-order valence-corrected chi connectivity index (χ4v) is 0.628. The van der Waals surface area contributed by atoms with Crippen LogP contribution in [0, 0.1) is 6.92 Å². The Morgan fingerprint density at radius 1 is 1.56 bits per heavy atom. The van der Waals surface area contributed by atoms with E-state index in [-0.39, 0.29) is 11.7 Å². The van der Waals surface area contributed by atoms with Crippen LogP contribution in [0.4, 0.5) is 0 Å². The fourth-order valence-electron chi connectivity index (χ4n) is 0.628. The van der Waals surface area contributed by atoms with Crippen LogP contribution in [-0.4, -0.2) is 11.7 Å². The molecule has 0 aromatic carbocycles. The molecule has 0 aromatic heterocycles. The summed E-state index contributed by atoms with van der Waals surface area (Å²) in [6, 6.07) is 0. The molecule has 0 heterocycles. The molecule has 1 atom stereocenters. The van der Waals surface area contributed by atoms with Gasteiger partial charge in [0.1, 0.15) is 0 Å². The van der Waals surface area contributed by atoms with Gasteiger partial charge in [0.2, 0.25) is 0 Å². The molecule has 1 unspecified atom stereocenters. The summed E-state index contributed by atoms with van der Waals surface area (Å²) in [6.07, 6.45) is 1.13. The predicted octanol–water partition coefficient (Wildman–Crippen LogP) is 2.41. The van der Waals surface area contributed by atoms with Gasteiger partial charge in [0, 0.05) is 0 Å². The molecule has 0 amide bonds. The molecule has 0 rings (SSSR count). The van der Waals surface area contributed by atoms with E-state index in [0.717, 1.165) is 6.42 Å². The van der Waals surface area contributed by atoms with E-state index in [2.05, 4.69) is 27.7 Å². The fraction of sp³-hybridized carbons (Fsp3) is 0.875. The van der Waals surface area contributed by atoms with E-state index in [1.807, 2.05) is 6.92 Å². The van der Waals surface area contributed by atoms with Crippen molar-refractivity contribution in [2.45, 2.75) is 45.8 Å². The molecule has 1 heteroatoms. The summed E-state index contributed by atoms with van der Waals surface area (Å²) in [5.41, 5.74) is 0.00116. The average Bonchev–Trinajstić information content (AvgIpc) is 1.63. The molecular weight excluding hydrogens is 112 g/mol. The van der Waals surface area contributed by atoms with Crippen LogP contribution >= 0.6 is 0 Å². The van der Waals surface area contributed by atoms with Gasteiger partial charge in [-0.3, -0.25) is 0 Å². The Labute approximate surface area is 58.4 Å². The highest BCUT2D eigenvalue weighted by Gasteiger charge is 2.16. The Bertz CT molecular complexity index is 74.6. The van der Waals surface area contributed by atoms with Gasteiger partial charge in [-0.25, -0.2) is 0 Å². The minimum Gasteiger partial charge on any atom is -0.373 e. The van der Waals surface area contributed by atoms with E-state index in [1.165, 1.54) is 0 Å². The van der Waals surface area contributed by atoms with Crippen molar-refractivity contribution in [3.8, 4) is 0 Å². The Morgan fingerprint density at radius 3 is 2.11 bits per heavy atom. The predicted molar refractivity (Wildman–Crippen MR) is 40.3 cm³/mol. The van der Waals surface area contributed by atoms with Crippen LogP contribution in [0.15, 0.2) is 0 Å². The van der Waals surface area contributed by atoms with Gasteiger partial charge in [-0.15, -0.1) is 0 Å². The molecule has 0 aliphatic heterocycles. The highest BCUT2D eigenvalue weighted by Crippen LogP contribution is 2.15. The minimum absolute atomic E-state index is 0.00116. The summed E-state index contributed by atoms with van der Waals surface area (Å²) < 4.78 is 5.48. The largest absolute Gasteiger partial charge is 0.373 e. The summed E-state index contributed by atoms with van der Waals surface area (Å²) in [5.74, 6) is 0. The highest BCUT2D eigenvalue weighted by atomic mass is 16.5. The van der Waals surface area contributed by atoms with Gasteiger partial charge in [0.25, 0.3) is 0 Å². The summed E-state index contributed by atoms with van der Waals surface area (Å²) in [7, 11) is 0. The number of hydrogen-bond acceptors (Lipinski definition) is 1. The molecule has 0 saturated heterocycles. The normalized spacial score (nSPS) is 12.7. The Kier molecular flexibility index (Phi) is 3.20. The summed E-state index contributed by atoms with van der Waals surface area (Å²) in [5, 5.41) is 0. The van der Waals surface area contributed by atoms with Crippen LogP contribution < -0.4 is 0 Å². The molecule has 0 fully saturated rings. The van der Waals surface area contributed by atoms with Crippen LogP contribution in [0.3, 0.4) is 0 Å². The van der Waals surface area contributed by atoms with Crippen molar-refractivity contribution in [1.82, 2.24) is 0 Å². The van der Waals surface area contributed by atoms with Gasteiger partial charge in [0.15, 0.2) is 0 Å². The summed E-state index contributed by atoms with van der Waals surface area (Å²) in [6.45, 7) is 12.0. The van der Waals surface area contributed by atoms with Gasteiger partial charge in [0.05, 0.1) is 11.7 Å². The lowest BCUT2D eigenvalue weighted by atomic mass is 10.1. The van der Waals surface area contributed by atoms with Crippen molar-refractivity contribution in [1.29, 1.82) is 0 Å². The van der Waals surface area contributed by atoms with Gasteiger partial charge in [-0.1, -0.05) is 6.92 Å². The maximum Gasteiger partial charge on any atom is 0.0627 e. The van der Waals surface area contributed by atoms with E-state index >= 15 is 0 Å². The van der Waals surface area contributed by atoms with Crippen LogP contribution in [0.5, 0.6) is 0 Å². The van der Waals surface area contributed by atoms with Crippen molar-refractivity contribution in [3.63, 3.8) is 0 Å². The van der Waals surface area contributed by atoms with Crippen molar-refractivity contribution in [2.75, 3.05) is 0 Å². The summed E-state index contributed by atoms with van der Waals surface area (Å²) in [4.78, 5) is 0. The zero-order chi connectivity index (χ0) is 7.49. The lowest BCUT2D eigenvalue weighted by Gasteiger charge is -2.25. The molecule has 0 aliphatic rings. The first-order valence-corrected chi connectivity index (χ1v) is 3.49. The van der Waals surface area contributed by atoms with E-state index in [4.69, 9.17) is 4.74 Å². The molecule has 0 spiro atoms. The molecule has 0 aliphatic carbocycles. The second-order valence-corrected chi connectivity index (χ2v) is 3.04. The Morgan fingerprint density at radius 2 is 2.00 bits per heavy atom. The molecule has 55 valence electrons. The molecule has 1 nitrogen and oxygen atoms in total. The monoisotopic (exact) mass is 129 g/mol. The van der Waals surface area contributed by atoms with Crippen molar-refractivity contribution in [3.05, 3.63) is 6.92 Å². The number of hydrogen-bond donors (Lipinski definition) is 0. The summed E-state index contributed by atoms with van der Waals surface area (Å²) >= 11 is 0. The van der Waals surface area contributed by atoms with E-state index in [0.29, 0.717) is 0 Å². The SMILES string of the molecule is [CH2]C(C)OC(C)(C)CC. The lowest BCUT2D eigenvalue weighted by Crippen LogP contribution is -2.26. The molecule has 0 aromatic rings. The van der Waals surface area contributed by atoms with Crippen LogP contribution in [0.1, 0.15) is 34.1 Å². The van der Waals surface area contributed by atoms with Crippen LogP contribution in [0.25, 0.3) is 0 Å². The van der Waals surface area contributed by atoms with Gasteiger partial charge < -0.3 is 4.74 Å². The Balaban J connectivity index is 3.58. The van der Waals surface area contributed by atoms with Crippen molar-refractivity contribution >= 4 is 0 Å². The van der Waals surface area contributed by atoms with E-state index < -0.39 is 0 Å². The topological polar surface area (TPSA) is 9.23 Å². The second-order valence-electron chi connectivity index (χ2n) is 3.04. The van der Waals surface area contributed by atoms with Gasteiger partial charge >= 0.3 is 0 Å². The third kappa shape index (κ3) is 4.46. The average molecular weight is 129 g/mol. The minimum atomic E-state index is 0.00116. The highest BCUT2D eigenvalue weighted by molar-refractivity contribution is 4.68. The number of ether oxygens (including phenoxy) is 1. The van der Waals surface area contributed by atoms with E-state index in [9.17, 15) is 0 Å². The van der Waals surface area contributed by atoms with Gasteiger partial charge in [-0.2, -0.15) is 0 Å². The molecule has 0 N–H and O–H groups in total. The zero-order valence-corrected chi connectivity index (χ0v) is 6.90. The maximum absolute atomic E-state index is 5.48. The lowest BCUT2D eigenvalue weighted by molar-refractivity contribution is -0.0466. The molecule has 9 heavy (non-hydrogen) atoms. The first-order chi connectivity index (χ1) is 3.98. The standard InChI is InChI=1S/C8H17O/c1-6-8(4,5)9-7(2)3/h7H,2,6H2,1,3-5H3. The molecular formula is C8H17O. The number of rotatable bonds is 3. The van der Waals surface area contributed by atoms with Crippen molar-refractivity contribution < 1.29 is 4.74 Å². The quantitative estimate of drug-likeness (QED) is 0.568. The van der Waals surface area contributed by atoms with Gasteiger partial charge in [-0.05, 0) is 34.1 Å². The van der Waals surface area contributed by atoms with Crippen LogP contribution in [-0.2, 0) is 4.74 Å². The smallest absolute Gasteiger partial charge is 0.0627 e. The molecule has 0 bridgehead atoms. The van der Waals surface area contributed by atoms with Crippen molar-refractivity contribution in [2.24, 2.45) is 0 Å². The zero-order valence-electron chi connectivity index (χ0n) is 6.90. The third-order valence-electron chi connectivity index (χ3n) is 1.37. The second kappa shape index (κ2) is 3.21. The first-order valence-electron chi connectivity index (χ1n) is 3.49. The van der Waals surface area contributed by atoms with E-state index in [1.54, 1.807) is 0 Å². The third-order valence-corrected chi connectivity index (χ3v) is 1.37. The molecule has 1 radical (unpaired) electrons. The maximum atomic E-state index is 5.48. The van der Waals surface area contributed by atoms with Crippen LogP contribution in [0.2, 0.25) is 0 Å². The first kappa shape index (κ1) is 8.96. The Hall–Kier alpha value is -0.0400.